The molecule has 0 saturated heterocycles. The highest BCUT2D eigenvalue weighted by atomic mass is 32.2. The van der Waals surface area contributed by atoms with E-state index in [1.54, 1.807) is 23.9 Å². The van der Waals surface area contributed by atoms with Crippen molar-refractivity contribution in [3.05, 3.63) is 71.8 Å². The number of methoxy groups -OCH3 is 1. The van der Waals surface area contributed by atoms with Crippen LogP contribution in [0.3, 0.4) is 0 Å². The largest absolute Gasteiger partial charge is 0.383 e. The molecule has 0 aliphatic heterocycles. The molecule has 1 heterocycles. The Morgan fingerprint density at radius 3 is 2.35 bits per heavy atom. The van der Waals surface area contributed by atoms with Crippen molar-refractivity contribution in [3.8, 4) is 5.69 Å². The lowest BCUT2D eigenvalue weighted by Gasteiger charge is -2.24. The minimum atomic E-state index is -3.75. The van der Waals surface area contributed by atoms with Crippen molar-refractivity contribution in [1.82, 2.24) is 19.7 Å². The number of ether oxygens (including phenoxy) is 1. The average Bonchev–Trinajstić information content (AvgIpc) is 3.13. The first kappa shape index (κ1) is 23.1. The number of hydrogen-bond donors (Lipinski definition) is 1. The number of primary sulfonamides is 1. The number of sulfonamides is 1. The van der Waals surface area contributed by atoms with E-state index in [2.05, 4.69) is 18.7 Å². The molecule has 3 rings (SSSR count). The lowest BCUT2D eigenvalue weighted by atomic mass is 10.1. The first-order chi connectivity index (χ1) is 14.8. The summed E-state index contributed by atoms with van der Waals surface area (Å²) in [5, 5.41) is 9.97. The standard InChI is InChI=1S/C22H29N5O3S/c1-17(2)26(13-14-30-3)16-21-24-22(15-18-7-5-4-6-8-18)27(25-21)19-9-11-20(12-10-19)31(23,28)29/h4-12,17H,13-16H2,1-3H3,(H2,23,28,29). The smallest absolute Gasteiger partial charge is 0.238 e. The van der Waals surface area contributed by atoms with E-state index in [4.69, 9.17) is 20.0 Å². The van der Waals surface area contributed by atoms with Crippen molar-refractivity contribution in [2.75, 3.05) is 20.3 Å². The van der Waals surface area contributed by atoms with Gasteiger partial charge in [0.15, 0.2) is 5.82 Å². The Kier molecular flexibility index (Phi) is 7.55. The third-order valence-electron chi connectivity index (χ3n) is 4.99. The van der Waals surface area contributed by atoms with Crippen LogP contribution in [0.4, 0.5) is 0 Å². The molecule has 8 nitrogen and oxygen atoms in total. The number of hydrogen-bond acceptors (Lipinski definition) is 6. The fourth-order valence-electron chi connectivity index (χ4n) is 3.25. The molecule has 2 N–H and O–H groups in total. The maximum Gasteiger partial charge on any atom is 0.238 e. The zero-order valence-electron chi connectivity index (χ0n) is 18.1. The van der Waals surface area contributed by atoms with Gasteiger partial charge >= 0.3 is 0 Å². The summed E-state index contributed by atoms with van der Waals surface area (Å²) in [6, 6.07) is 16.7. The molecule has 0 atom stereocenters. The second-order valence-corrected chi connectivity index (χ2v) is 9.18. The third-order valence-corrected chi connectivity index (χ3v) is 5.92. The maximum absolute atomic E-state index is 11.6. The molecule has 0 spiro atoms. The summed E-state index contributed by atoms with van der Waals surface area (Å²) in [5.74, 6) is 1.48. The van der Waals surface area contributed by atoms with Crippen molar-refractivity contribution in [2.24, 2.45) is 5.14 Å². The zero-order valence-corrected chi connectivity index (χ0v) is 18.9. The van der Waals surface area contributed by atoms with E-state index in [-0.39, 0.29) is 4.90 Å². The van der Waals surface area contributed by atoms with Crippen LogP contribution in [0.5, 0.6) is 0 Å². The number of nitrogens with zero attached hydrogens (tertiary/aromatic N) is 4. The molecule has 0 aliphatic rings. The molecule has 0 unspecified atom stereocenters. The third kappa shape index (κ3) is 6.20. The normalized spacial score (nSPS) is 12.1. The monoisotopic (exact) mass is 443 g/mol. The highest BCUT2D eigenvalue weighted by molar-refractivity contribution is 7.89. The van der Waals surface area contributed by atoms with Crippen LogP contribution in [0.2, 0.25) is 0 Å². The van der Waals surface area contributed by atoms with Crippen molar-refractivity contribution in [1.29, 1.82) is 0 Å². The van der Waals surface area contributed by atoms with E-state index >= 15 is 0 Å². The first-order valence-electron chi connectivity index (χ1n) is 10.1. The Bertz CT molecular complexity index is 1080. The highest BCUT2D eigenvalue weighted by Gasteiger charge is 2.17. The molecule has 0 radical (unpaired) electrons. The van der Waals surface area contributed by atoms with E-state index in [0.717, 1.165) is 23.6 Å². The van der Waals surface area contributed by atoms with Gasteiger partial charge in [-0.25, -0.2) is 23.2 Å². The van der Waals surface area contributed by atoms with Gasteiger partial charge in [-0.1, -0.05) is 30.3 Å². The van der Waals surface area contributed by atoms with E-state index in [1.165, 1.54) is 12.1 Å². The van der Waals surface area contributed by atoms with Gasteiger partial charge in [-0.3, -0.25) is 4.90 Å². The van der Waals surface area contributed by atoms with Crippen molar-refractivity contribution < 1.29 is 13.2 Å². The van der Waals surface area contributed by atoms with Gasteiger partial charge in [0.25, 0.3) is 0 Å². The summed E-state index contributed by atoms with van der Waals surface area (Å²) in [6.45, 7) is 6.25. The molecule has 1 aromatic heterocycles. The van der Waals surface area contributed by atoms with Crippen LogP contribution < -0.4 is 5.14 Å². The average molecular weight is 444 g/mol. The van der Waals surface area contributed by atoms with Gasteiger partial charge in [-0.2, -0.15) is 0 Å². The topological polar surface area (TPSA) is 103 Å². The quantitative estimate of drug-likeness (QED) is 0.516. The minimum absolute atomic E-state index is 0.0618. The van der Waals surface area contributed by atoms with Gasteiger partial charge in [0.2, 0.25) is 10.0 Å². The van der Waals surface area contributed by atoms with Crippen LogP contribution in [0, 0.1) is 0 Å². The molecule has 9 heteroatoms. The molecule has 2 aromatic carbocycles. The summed E-state index contributed by atoms with van der Waals surface area (Å²) < 4.78 is 30.2. The van der Waals surface area contributed by atoms with Crippen LogP contribution in [-0.4, -0.2) is 54.4 Å². The Labute approximate surface area is 183 Å². The molecule has 0 amide bonds. The van der Waals surface area contributed by atoms with Crippen molar-refractivity contribution in [3.63, 3.8) is 0 Å². The van der Waals surface area contributed by atoms with E-state index in [9.17, 15) is 8.42 Å². The maximum atomic E-state index is 11.6. The van der Waals surface area contributed by atoms with Gasteiger partial charge in [0.05, 0.1) is 23.7 Å². The van der Waals surface area contributed by atoms with E-state index in [0.29, 0.717) is 31.4 Å². The zero-order chi connectivity index (χ0) is 22.4. The molecule has 31 heavy (non-hydrogen) atoms. The van der Waals surface area contributed by atoms with Crippen LogP contribution in [0.25, 0.3) is 5.69 Å². The molecule has 3 aromatic rings. The van der Waals surface area contributed by atoms with Gasteiger partial charge in [-0.05, 0) is 43.7 Å². The lowest BCUT2D eigenvalue weighted by Crippen LogP contribution is -2.33. The number of rotatable bonds is 10. The van der Waals surface area contributed by atoms with Gasteiger partial charge < -0.3 is 4.74 Å². The highest BCUT2D eigenvalue weighted by Crippen LogP contribution is 2.17. The molecular formula is C22H29N5O3S. The second kappa shape index (κ2) is 10.1. The Morgan fingerprint density at radius 1 is 1.10 bits per heavy atom. The van der Waals surface area contributed by atoms with Crippen molar-refractivity contribution >= 4 is 10.0 Å². The molecular weight excluding hydrogens is 414 g/mol. The summed E-state index contributed by atoms with van der Waals surface area (Å²) >= 11 is 0. The summed E-state index contributed by atoms with van der Waals surface area (Å²) in [5.41, 5.74) is 1.84. The summed E-state index contributed by atoms with van der Waals surface area (Å²) in [4.78, 5) is 7.12. The van der Waals surface area contributed by atoms with E-state index < -0.39 is 10.0 Å². The van der Waals surface area contributed by atoms with Gasteiger partial charge in [-0.15, -0.1) is 5.10 Å². The minimum Gasteiger partial charge on any atom is -0.383 e. The fraction of sp³-hybridized carbons (Fsp3) is 0.364. The fourth-order valence-corrected chi connectivity index (χ4v) is 3.76. The molecule has 0 aliphatic carbocycles. The number of nitrogens with two attached hydrogens (primary N) is 1. The van der Waals surface area contributed by atoms with Crippen LogP contribution in [0.15, 0.2) is 59.5 Å². The molecule has 166 valence electrons. The number of benzene rings is 2. The summed E-state index contributed by atoms with van der Waals surface area (Å²) in [7, 11) is -2.06. The van der Waals surface area contributed by atoms with Gasteiger partial charge in [0, 0.05) is 26.1 Å². The molecule has 0 bridgehead atoms. The Morgan fingerprint density at radius 2 is 1.77 bits per heavy atom. The summed E-state index contributed by atoms with van der Waals surface area (Å²) in [6.07, 6.45) is 0.602. The predicted molar refractivity (Wildman–Crippen MR) is 119 cm³/mol. The SMILES string of the molecule is COCCN(Cc1nc(Cc2ccccc2)n(-c2ccc(S(N)(=O)=O)cc2)n1)C(C)C. The van der Waals surface area contributed by atoms with E-state index in [1.807, 2.05) is 30.3 Å². The van der Waals surface area contributed by atoms with Gasteiger partial charge in [0.1, 0.15) is 5.82 Å². The molecule has 0 fully saturated rings. The van der Waals surface area contributed by atoms with Crippen LogP contribution in [-0.2, 0) is 27.7 Å². The lowest BCUT2D eigenvalue weighted by molar-refractivity contribution is 0.123. The molecule has 0 saturated carbocycles. The Hall–Kier alpha value is -2.59. The van der Waals surface area contributed by atoms with Crippen LogP contribution in [0.1, 0.15) is 31.1 Å². The second-order valence-electron chi connectivity index (χ2n) is 7.61. The number of aromatic nitrogens is 3. The first-order valence-corrected chi connectivity index (χ1v) is 11.7. The Balaban J connectivity index is 1.95. The van der Waals surface area contributed by atoms with Crippen LogP contribution >= 0.6 is 0 Å². The predicted octanol–water partition coefficient (Wildman–Crippen LogP) is 2.36. The van der Waals surface area contributed by atoms with Crippen molar-refractivity contribution in [2.45, 2.75) is 37.8 Å².